The van der Waals surface area contributed by atoms with Crippen molar-refractivity contribution >= 4 is 62.1 Å². The van der Waals surface area contributed by atoms with E-state index in [-0.39, 0.29) is 15.5 Å². The number of hydrogen-bond donors (Lipinski definition) is 2. The highest BCUT2D eigenvalue weighted by Gasteiger charge is 2.26. The quantitative estimate of drug-likeness (QED) is 0.353. The molecular formula is C23H19IN4O3S. The van der Waals surface area contributed by atoms with Crippen LogP contribution in [-0.4, -0.2) is 21.2 Å². The molecule has 0 bridgehead atoms. The van der Waals surface area contributed by atoms with E-state index in [1.165, 1.54) is 10.5 Å². The number of fused-ring (bicyclic) bond motifs is 1. The zero-order chi connectivity index (χ0) is 23.0. The molecule has 0 fully saturated rings. The highest BCUT2D eigenvalue weighted by molar-refractivity contribution is 14.1. The van der Waals surface area contributed by atoms with Crippen molar-refractivity contribution in [3.8, 4) is 0 Å². The van der Waals surface area contributed by atoms with Gasteiger partial charge in [-0.3, -0.25) is 14.4 Å². The van der Waals surface area contributed by atoms with Gasteiger partial charge in [0.25, 0.3) is 17.4 Å². The van der Waals surface area contributed by atoms with Crippen LogP contribution in [0.1, 0.15) is 37.0 Å². The zero-order valence-corrected chi connectivity index (χ0v) is 20.5. The summed E-state index contributed by atoms with van der Waals surface area (Å²) >= 11 is 3.20. The molecule has 0 saturated heterocycles. The topological polar surface area (TPSA) is 92.6 Å². The van der Waals surface area contributed by atoms with Gasteiger partial charge in [0.05, 0.1) is 0 Å². The van der Waals surface area contributed by atoms with Crippen LogP contribution in [0.4, 0.5) is 11.4 Å². The fourth-order valence-electron chi connectivity index (χ4n) is 3.22. The Morgan fingerprint density at radius 3 is 2.38 bits per heavy atom. The van der Waals surface area contributed by atoms with Gasteiger partial charge in [-0.05, 0) is 79.3 Å². The number of aryl methyl sites for hydroxylation is 3. The number of rotatable bonds is 4. The first kappa shape index (κ1) is 22.2. The lowest BCUT2D eigenvalue weighted by atomic mass is 10.2. The molecule has 2 aromatic heterocycles. The van der Waals surface area contributed by atoms with Crippen molar-refractivity contribution < 1.29 is 9.59 Å². The number of anilines is 2. The lowest BCUT2D eigenvalue weighted by molar-refractivity contribution is 0.0989. The van der Waals surface area contributed by atoms with Crippen molar-refractivity contribution in [2.24, 2.45) is 0 Å². The van der Waals surface area contributed by atoms with E-state index < -0.39 is 17.4 Å². The summed E-state index contributed by atoms with van der Waals surface area (Å²) in [6.45, 7) is 5.53. The standard InChI is InChI=1S/C23H19IN4O3S/c1-12-4-7-16(8-5-12)26-22(31)20-19(28-18(29)11-14(3)25-23(28)32-20)21(30)27-17-9-6-15(24)10-13(17)2/h4-11H,1-3H3,(H,26,31)(H,27,30). The molecule has 0 unspecified atom stereocenters. The number of carbonyl (C=O) groups excluding carboxylic acids is 2. The minimum atomic E-state index is -0.553. The second-order valence-corrected chi connectivity index (χ2v) is 9.59. The smallest absolute Gasteiger partial charge is 0.274 e. The van der Waals surface area contributed by atoms with Gasteiger partial charge in [-0.2, -0.15) is 0 Å². The minimum Gasteiger partial charge on any atom is -0.321 e. The average molecular weight is 558 g/mol. The Bertz CT molecular complexity index is 1420. The van der Waals surface area contributed by atoms with Crippen LogP contribution in [0.2, 0.25) is 0 Å². The Morgan fingerprint density at radius 2 is 1.69 bits per heavy atom. The number of aromatic nitrogens is 2. The van der Waals surface area contributed by atoms with Gasteiger partial charge in [0, 0.05) is 26.7 Å². The number of carbonyl (C=O) groups is 2. The van der Waals surface area contributed by atoms with E-state index in [1.54, 1.807) is 25.1 Å². The molecule has 7 nitrogen and oxygen atoms in total. The molecule has 4 aromatic rings. The highest BCUT2D eigenvalue weighted by atomic mass is 127. The lowest BCUT2D eigenvalue weighted by Gasteiger charge is -2.10. The molecule has 0 aliphatic rings. The maximum atomic E-state index is 13.3. The minimum absolute atomic E-state index is 0.0370. The van der Waals surface area contributed by atoms with Crippen LogP contribution in [0, 0.1) is 24.3 Å². The number of thiazole rings is 1. The summed E-state index contributed by atoms with van der Waals surface area (Å²) < 4.78 is 2.23. The van der Waals surface area contributed by atoms with Crippen LogP contribution in [0.3, 0.4) is 0 Å². The summed E-state index contributed by atoms with van der Waals surface area (Å²) in [6, 6.07) is 14.3. The first-order valence-electron chi connectivity index (χ1n) is 9.71. The van der Waals surface area contributed by atoms with Crippen molar-refractivity contribution in [1.82, 2.24) is 9.38 Å². The molecule has 0 saturated carbocycles. The molecule has 2 amide bonds. The van der Waals surface area contributed by atoms with Crippen molar-refractivity contribution in [2.45, 2.75) is 20.8 Å². The predicted molar refractivity (Wildman–Crippen MR) is 135 cm³/mol. The van der Waals surface area contributed by atoms with E-state index in [9.17, 15) is 14.4 Å². The Morgan fingerprint density at radius 1 is 0.969 bits per heavy atom. The molecule has 0 aliphatic heterocycles. The molecule has 9 heteroatoms. The molecule has 2 aromatic carbocycles. The molecule has 4 rings (SSSR count). The summed E-state index contributed by atoms with van der Waals surface area (Å²) in [4.78, 5) is 43.9. The van der Waals surface area contributed by atoms with Crippen LogP contribution in [0.25, 0.3) is 4.96 Å². The van der Waals surface area contributed by atoms with Crippen molar-refractivity contribution in [1.29, 1.82) is 0 Å². The third-order valence-corrected chi connectivity index (χ3v) is 6.53. The number of benzene rings is 2. The van der Waals surface area contributed by atoms with Gasteiger partial charge in [-0.25, -0.2) is 9.38 Å². The monoisotopic (exact) mass is 558 g/mol. The zero-order valence-electron chi connectivity index (χ0n) is 17.5. The fourth-order valence-corrected chi connectivity index (χ4v) is 4.93. The molecule has 0 spiro atoms. The molecule has 0 aliphatic carbocycles. The number of nitrogens with one attached hydrogen (secondary N) is 2. The SMILES string of the molecule is Cc1ccc(NC(=O)c2sc3nc(C)cc(=O)n3c2C(=O)Nc2ccc(I)cc2C)cc1. The van der Waals surface area contributed by atoms with Crippen molar-refractivity contribution in [3.05, 3.63) is 89.8 Å². The van der Waals surface area contributed by atoms with Crippen LogP contribution in [0.5, 0.6) is 0 Å². The summed E-state index contributed by atoms with van der Waals surface area (Å²) in [7, 11) is 0. The summed E-state index contributed by atoms with van der Waals surface area (Å²) in [5, 5.41) is 5.64. The Hall–Kier alpha value is -3.05. The fraction of sp³-hybridized carbons (Fsp3) is 0.130. The number of hydrogen-bond acceptors (Lipinski definition) is 5. The third-order valence-electron chi connectivity index (χ3n) is 4.82. The first-order chi connectivity index (χ1) is 15.2. The molecule has 0 radical (unpaired) electrons. The average Bonchev–Trinajstić information content (AvgIpc) is 3.11. The van der Waals surface area contributed by atoms with E-state index >= 15 is 0 Å². The van der Waals surface area contributed by atoms with E-state index in [2.05, 4.69) is 38.2 Å². The third kappa shape index (κ3) is 4.44. The summed E-state index contributed by atoms with van der Waals surface area (Å²) in [5.74, 6) is -1.03. The van der Waals surface area contributed by atoms with Gasteiger partial charge in [0.15, 0.2) is 4.96 Å². The second-order valence-electron chi connectivity index (χ2n) is 7.37. The Balaban J connectivity index is 1.80. The molecule has 162 valence electrons. The van der Waals surface area contributed by atoms with Gasteiger partial charge >= 0.3 is 0 Å². The highest BCUT2D eigenvalue weighted by Crippen LogP contribution is 2.25. The Kier molecular flexibility index (Phi) is 6.11. The lowest BCUT2D eigenvalue weighted by Crippen LogP contribution is -2.25. The van der Waals surface area contributed by atoms with Crippen LogP contribution in [-0.2, 0) is 0 Å². The molecule has 32 heavy (non-hydrogen) atoms. The van der Waals surface area contributed by atoms with Crippen molar-refractivity contribution in [3.63, 3.8) is 0 Å². The normalized spacial score (nSPS) is 10.9. The van der Waals surface area contributed by atoms with E-state index in [4.69, 9.17) is 0 Å². The van der Waals surface area contributed by atoms with Gasteiger partial charge in [-0.15, -0.1) is 0 Å². The van der Waals surface area contributed by atoms with Crippen LogP contribution >= 0.6 is 33.9 Å². The number of halogens is 1. The first-order valence-corrected chi connectivity index (χ1v) is 11.6. The predicted octanol–water partition coefficient (Wildman–Crippen LogP) is 4.79. The maximum absolute atomic E-state index is 13.3. The van der Waals surface area contributed by atoms with E-state index in [1.807, 2.05) is 38.1 Å². The van der Waals surface area contributed by atoms with Crippen LogP contribution in [0.15, 0.2) is 53.3 Å². The molecule has 2 heterocycles. The summed E-state index contributed by atoms with van der Waals surface area (Å²) in [6.07, 6.45) is 0. The van der Waals surface area contributed by atoms with Gasteiger partial charge in [0.1, 0.15) is 10.6 Å². The van der Waals surface area contributed by atoms with Gasteiger partial charge < -0.3 is 10.6 Å². The van der Waals surface area contributed by atoms with Crippen molar-refractivity contribution in [2.75, 3.05) is 10.6 Å². The van der Waals surface area contributed by atoms with E-state index in [0.29, 0.717) is 17.1 Å². The largest absolute Gasteiger partial charge is 0.321 e. The number of amides is 2. The van der Waals surface area contributed by atoms with E-state index in [0.717, 1.165) is 26.0 Å². The second kappa shape index (κ2) is 8.83. The number of nitrogens with zero attached hydrogens (tertiary/aromatic N) is 2. The molecule has 2 N–H and O–H groups in total. The molecule has 0 atom stereocenters. The maximum Gasteiger partial charge on any atom is 0.274 e. The van der Waals surface area contributed by atoms with Gasteiger partial charge in [0.2, 0.25) is 0 Å². The van der Waals surface area contributed by atoms with Crippen LogP contribution < -0.4 is 16.2 Å². The molecular weight excluding hydrogens is 539 g/mol. The Labute approximate surface area is 201 Å². The summed E-state index contributed by atoms with van der Waals surface area (Å²) in [5.41, 5.74) is 3.19. The van der Waals surface area contributed by atoms with Gasteiger partial charge in [-0.1, -0.05) is 29.0 Å².